The lowest BCUT2D eigenvalue weighted by atomic mass is 10.1. The molecular weight excluding hydrogens is 248 g/mol. The number of benzene rings is 2. The summed E-state index contributed by atoms with van der Waals surface area (Å²) in [6.07, 6.45) is 2.03. The maximum Gasteiger partial charge on any atom is 0.190 e. The number of nitrogens with zero attached hydrogens (tertiary/aromatic N) is 2. The molecule has 0 spiro atoms. The van der Waals surface area contributed by atoms with E-state index in [9.17, 15) is 0 Å². The molecule has 0 saturated carbocycles. The average Bonchev–Trinajstić information content (AvgIpc) is 2.89. The molecule has 2 aromatic carbocycles. The minimum Gasteiger partial charge on any atom is -0.497 e. The number of hydrogen-bond acceptors (Lipinski definition) is 1. The first-order chi connectivity index (χ1) is 9.72. The van der Waals surface area contributed by atoms with Crippen LogP contribution >= 0.6 is 0 Å². The highest BCUT2D eigenvalue weighted by atomic mass is 16.5. The second-order valence-electron chi connectivity index (χ2n) is 4.69. The second-order valence-corrected chi connectivity index (χ2v) is 4.69. The largest absolute Gasteiger partial charge is 0.497 e. The Bertz CT molecular complexity index is 807. The highest BCUT2D eigenvalue weighted by Crippen LogP contribution is 2.28. The third kappa shape index (κ3) is 1.92. The van der Waals surface area contributed by atoms with Crippen LogP contribution in [0.5, 0.6) is 5.75 Å². The van der Waals surface area contributed by atoms with Gasteiger partial charge < -0.3 is 9.30 Å². The molecule has 1 aromatic heterocycles. The monoisotopic (exact) mass is 262 g/mol. The van der Waals surface area contributed by atoms with Crippen molar-refractivity contribution in [3.63, 3.8) is 0 Å². The standard InChI is InChI=1S/C17H14N2O/c1-12-10-17-13(11-16(12)18-2)8-9-19(17)14-4-6-15(20-3)7-5-14/h4-11H,1,3H3. The van der Waals surface area contributed by atoms with E-state index in [1.54, 1.807) is 7.11 Å². The Kier molecular flexibility index (Phi) is 2.92. The predicted molar refractivity (Wildman–Crippen MR) is 80.8 cm³/mol. The zero-order valence-electron chi connectivity index (χ0n) is 11.4. The van der Waals surface area contributed by atoms with E-state index in [0.29, 0.717) is 5.69 Å². The van der Waals surface area contributed by atoms with Gasteiger partial charge in [-0.1, -0.05) is 0 Å². The Morgan fingerprint density at radius 2 is 1.85 bits per heavy atom. The van der Waals surface area contributed by atoms with Gasteiger partial charge in [-0.3, -0.25) is 0 Å². The Balaban J connectivity index is 2.16. The maximum atomic E-state index is 7.18. The van der Waals surface area contributed by atoms with Gasteiger partial charge in [-0.2, -0.15) is 0 Å². The van der Waals surface area contributed by atoms with E-state index in [2.05, 4.69) is 15.5 Å². The molecule has 3 aromatic rings. The fraction of sp³-hybridized carbons (Fsp3) is 0.118. The van der Waals surface area contributed by atoms with E-state index >= 15 is 0 Å². The van der Waals surface area contributed by atoms with Gasteiger partial charge in [0.15, 0.2) is 5.69 Å². The molecule has 0 amide bonds. The SMILES string of the molecule is [C-]#[N+]c1cc2ccn(-c3ccc(OC)cc3)c2cc1C. The highest BCUT2D eigenvalue weighted by Gasteiger charge is 2.07. The molecule has 0 bridgehead atoms. The van der Waals surface area contributed by atoms with Gasteiger partial charge in [0, 0.05) is 11.9 Å². The molecular formula is C17H14N2O. The molecule has 98 valence electrons. The van der Waals surface area contributed by atoms with Crippen molar-refractivity contribution < 1.29 is 4.74 Å². The molecule has 3 nitrogen and oxygen atoms in total. The van der Waals surface area contributed by atoms with Gasteiger partial charge >= 0.3 is 0 Å². The van der Waals surface area contributed by atoms with Crippen molar-refractivity contribution in [3.05, 3.63) is 65.6 Å². The number of methoxy groups -OCH3 is 1. The molecule has 0 aliphatic rings. The van der Waals surface area contributed by atoms with Gasteiger partial charge in [-0.15, -0.1) is 0 Å². The van der Waals surface area contributed by atoms with E-state index in [4.69, 9.17) is 11.3 Å². The number of rotatable bonds is 2. The first-order valence-electron chi connectivity index (χ1n) is 6.36. The van der Waals surface area contributed by atoms with Crippen molar-refractivity contribution in [2.75, 3.05) is 7.11 Å². The summed E-state index contributed by atoms with van der Waals surface area (Å²) in [5.74, 6) is 0.844. The third-order valence-corrected chi connectivity index (χ3v) is 3.48. The molecule has 0 N–H and O–H groups in total. The summed E-state index contributed by atoms with van der Waals surface area (Å²) in [4.78, 5) is 3.55. The van der Waals surface area contributed by atoms with Gasteiger partial charge in [0.1, 0.15) is 5.75 Å². The minimum absolute atomic E-state index is 0.713. The Labute approximate surface area is 117 Å². The van der Waals surface area contributed by atoms with Crippen LogP contribution in [0, 0.1) is 13.5 Å². The average molecular weight is 262 g/mol. The topological polar surface area (TPSA) is 18.5 Å². The Hall–Kier alpha value is -2.73. The quantitative estimate of drug-likeness (QED) is 0.622. The fourth-order valence-corrected chi connectivity index (χ4v) is 2.36. The highest BCUT2D eigenvalue weighted by molar-refractivity contribution is 5.87. The molecule has 3 heteroatoms. The number of aryl methyl sites for hydroxylation is 1. The van der Waals surface area contributed by atoms with Crippen molar-refractivity contribution in [3.8, 4) is 11.4 Å². The molecule has 1 heterocycles. The summed E-state index contributed by atoms with van der Waals surface area (Å²) in [5.41, 5.74) is 3.90. The van der Waals surface area contributed by atoms with Gasteiger partial charge in [-0.05, 0) is 60.3 Å². The van der Waals surface area contributed by atoms with Gasteiger partial charge in [-0.25, -0.2) is 4.85 Å². The summed E-state index contributed by atoms with van der Waals surface area (Å²) in [6.45, 7) is 9.15. The Morgan fingerprint density at radius 1 is 1.10 bits per heavy atom. The number of fused-ring (bicyclic) bond motifs is 1. The smallest absolute Gasteiger partial charge is 0.190 e. The van der Waals surface area contributed by atoms with E-state index in [1.807, 2.05) is 49.5 Å². The lowest BCUT2D eigenvalue weighted by Crippen LogP contribution is -1.92. The minimum atomic E-state index is 0.713. The normalized spacial score (nSPS) is 10.4. The number of aromatic nitrogens is 1. The summed E-state index contributed by atoms with van der Waals surface area (Å²) in [7, 11) is 1.66. The number of ether oxygens (including phenoxy) is 1. The van der Waals surface area contributed by atoms with Crippen LogP contribution in [0.15, 0.2) is 48.7 Å². The summed E-state index contributed by atoms with van der Waals surface area (Å²) < 4.78 is 7.30. The van der Waals surface area contributed by atoms with Crippen molar-refractivity contribution >= 4 is 16.6 Å². The predicted octanol–water partition coefficient (Wildman–Crippen LogP) is 4.50. The van der Waals surface area contributed by atoms with E-state index in [-0.39, 0.29) is 0 Å². The van der Waals surface area contributed by atoms with Crippen molar-refractivity contribution in [1.29, 1.82) is 0 Å². The fourth-order valence-electron chi connectivity index (χ4n) is 2.36. The molecule has 3 rings (SSSR count). The van der Waals surface area contributed by atoms with Crippen LogP contribution in [0.1, 0.15) is 5.56 Å². The lowest BCUT2D eigenvalue weighted by molar-refractivity contribution is 0.415. The Morgan fingerprint density at radius 3 is 2.50 bits per heavy atom. The van der Waals surface area contributed by atoms with E-state index < -0.39 is 0 Å². The zero-order valence-corrected chi connectivity index (χ0v) is 11.4. The maximum absolute atomic E-state index is 7.18. The molecule has 0 fully saturated rings. The second kappa shape index (κ2) is 4.75. The third-order valence-electron chi connectivity index (χ3n) is 3.48. The van der Waals surface area contributed by atoms with Crippen LogP contribution in [-0.2, 0) is 0 Å². The van der Waals surface area contributed by atoms with E-state index in [1.165, 1.54) is 0 Å². The van der Waals surface area contributed by atoms with E-state index in [0.717, 1.165) is 27.9 Å². The molecule has 0 saturated heterocycles. The van der Waals surface area contributed by atoms with Crippen LogP contribution in [0.4, 0.5) is 5.69 Å². The van der Waals surface area contributed by atoms with Gasteiger partial charge in [0.25, 0.3) is 0 Å². The molecule has 0 unspecified atom stereocenters. The van der Waals surface area contributed by atoms with Crippen molar-refractivity contribution in [2.24, 2.45) is 0 Å². The van der Waals surface area contributed by atoms with Gasteiger partial charge in [0.05, 0.1) is 19.2 Å². The first kappa shape index (κ1) is 12.3. The molecule has 0 radical (unpaired) electrons. The van der Waals surface area contributed by atoms with Crippen molar-refractivity contribution in [2.45, 2.75) is 6.92 Å². The van der Waals surface area contributed by atoms with Crippen molar-refractivity contribution in [1.82, 2.24) is 4.57 Å². The summed E-state index contributed by atoms with van der Waals surface area (Å²) >= 11 is 0. The van der Waals surface area contributed by atoms with Crippen LogP contribution in [0.3, 0.4) is 0 Å². The van der Waals surface area contributed by atoms with Gasteiger partial charge in [0.2, 0.25) is 0 Å². The van der Waals surface area contributed by atoms with Crippen LogP contribution in [-0.4, -0.2) is 11.7 Å². The van der Waals surface area contributed by atoms with Crippen LogP contribution in [0.25, 0.3) is 21.4 Å². The molecule has 20 heavy (non-hydrogen) atoms. The van der Waals surface area contributed by atoms with Crippen LogP contribution in [0.2, 0.25) is 0 Å². The van der Waals surface area contributed by atoms with Crippen LogP contribution < -0.4 is 4.74 Å². The molecule has 0 atom stereocenters. The molecule has 0 aliphatic heterocycles. The summed E-state index contributed by atoms with van der Waals surface area (Å²) in [5, 5.41) is 1.08. The zero-order chi connectivity index (χ0) is 14.1. The summed E-state index contributed by atoms with van der Waals surface area (Å²) in [6, 6.07) is 14.0. The number of hydrogen-bond donors (Lipinski definition) is 0. The lowest BCUT2D eigenvalue weighted by Gasteiger charge is -2.08. The molecule has 0 aliphatic carbocycles. The first-order valence-corrected chi connectivity index (χ1v) is 6.36.